The molecule has 0 aromatic heterocycles. The van der Waals surface area contributed by atoms with Crippen LogP contribution in [0.1, 0.15) is 46.8 Å². The minimum absolute atomic E-state index is 0.0216. The highest BCUT2D eigenvalue weighted by molar-refractivity contribution is 5.89. The van der Waals surface area contributed by atoms with Crippen molar-refractivity contribution in [2.45, 2.75) is 31.8 Å². The topological polar surface area (TPSA) is 78.3 Å². The van der Waals surface area contributed by atoms with Gasteiger partial charge in [-0.2, -0.15) is 0 Å². The molecule has 2 atom stereocenters. The Morgan fingerprint density at radius 2 is 1.84 bits per heavy atom. The molecule has 2 N–H and O–H groups in total. The second-order valence-electron chi connectivity index (χ2n) is 8.00. The summed E-state index contributed by atoms with van der Waals surface area (Å²) in [6.45, 7) is 3.18. The zero-order valence-corrected chi connectivity index (χ0v) is 17.8. The lowest BCUT2D eigenvalue weighted by molar-refractivity contribution is -0.910. The summed E-state index contributed by atoms with van der Waals surface area (Å²) < 4.78 is 16.3. The molecule has 1 saturated heterocycles. The van der Waals surface area contributed by atoms with Crippen LogP contribution in [0.15, 0.2) is 42.5 Å². The van der Waals surface area contributed by atoms with Gasteiger partial charge in [-0.1, -0.05) is 12.1 Å². The summed E-state index contributed by atoms with van der Waals surface area (Å²) in [4.78, 5) is 25.4. The average molecular weight is 426 g/mol. The van der Waals surface area contributed by atoms with E-state index in [2.05, 4.69) is 17.4 Å². The van der Waals surface area contributed by atoms with Crippen molar-refractivity contribution < 1.29 is 28.7 Å². The molecule has 0 radical (unpaired) electrons. The summed E-state index contributed by atoms with van der Waals surface area (Å²) in [5.41, 5.74) is 2.64. The van der Waals surface area contributed by atoms with E-state index < -0.39 is 0 Å². The molecule has 1 unspecified atom stereocenters. The van der Waals surface area contributed by atoms with E-state index in [0.717, 1.165) is 42.9 Å². The molecule has 0 spiro atoms. The number of amides is 1. The Bertz CT molecular complexity index is 928. The number of rotatable bonds is 6. The van der Waals surface area contributed by atoms with E-state index in [9.17, 15) is 9.59 Å². The van der Waals surface area contributed by atoms with Crippen LogP contribution in [0.25, 0.3) is 0 Å². The summed E-state index contributed by atoms with van der Waals surface area (Å²) in [6.07, 6.45) is 3.03. The number of fused-ring (bicyclic) bond motifs is 1. The van der Waals surface area contributed by atoms with Gasteiger partial charge in [0.25, 0.3) is 5.91 Å². The van der Waals surface area contributed by atoms with Crippen LogP contribution in [0.3, 0.4) is 0 Å². The molecule has 0 bridgehead atoms. The second kappa shape index (κ2) is 9.83. The van der Waals surface area contributed by atoms with E-state index in [1.807, 2.05) is 18.2 Å². The van der Waals surface area contributed by atoms with Crippen molar-refractivity contribution in [1.82, 2.24) is 5.32 Å². The maximum atomic E-state index is 12.6. The third-order valence-corrected chi connectivity index (χ3v) is 5.91. The summed E-state index contributed by atoms with van der Waals surface area (Å²) in [5.74, 6) is 1.26. The fraction of sp³-hybridized carbons (Fsp3) is 0.417. The number of benzene rings is 2. The minimum atomic E-state index is -0.367. The third kappa shape index (κ3) is 5.17. The highest BCUT2D eigenvalue weighted by atomic mass is 16.5. The van der Waals surface area contributed by atoms with E-state index >= 15 is 0 Å². The summed E-state index contributed by atoms with van der Waals surface area (Å²) in [6, 6.07) is 13.5. The van der Waals surface area contributed by atoms with Crippen molar-refractivity contribution in [3.8, 4) is 11.5 Å². The van der Waals surface area contributed by atoms with Crippen molar-refractivity contribution in [2.24, 2.45) is 0 Å². The van der Waals surface area contributed by atoms with Gasteiger partial charge in [0.2, 0.25) is 0 Å². The van der Waals surface area contributed by atoms with Crippen LogP contribution in [-0.2, 0) is 16.1 Å². The van der Waals surface area contributed by atoms with E-state index in [1.54, 1.807) is 12.1 Å². The largest absolute Gasteiger partial charge is 0.490 e. The van der Waals surface area contributed by atoms with Gasteiger partial charge in [-0.25, -0.2) is 4.79 Å². The van der Waals surface area contributed by atoms with Crippen molar-refractivity contribution in [2.75, 3.05) is 33.4 Å². The fourth-order valence-corrected chi connectivity index (χ4v) is 4.27. The molecule has 2 heterocycles. The number of likely N-dealkylation sites (tertiary alicyclic amines) is 1. The maximum Gasteiger partial charge on any atom is 0.337 e. The molecule has 1 amide bonds. The highest BCUT2D eigenvalue weighted by Crippen LogP contribution is 2.33. The number of methoxy groups -OCH3 is 1. The highest BCUT2D eigenvalue weighted by Gasteiger charge is 2.32. The second-order valence-corrected chi connectivity index (χ2v) is 8.00. The van der Waals surface area contributed by atoms with Gasteiger partial charge in [0.05, 0.1) is 32.4 Å². The molecule has 1 fully saturated rings. The Morgan fingerprint density at radius 3 is 2.61 bits per heavy atom. The van der Waals surface area contributed by atoms with Crippen molar-refractivity contribution in [3.63, 3.8) is 0 Å². The standard InChI is InChI=1S/C24H28N2O5/c1-29-24(28)18-7-5-17(6-8-18)15-25-23(27)16-26-11-2-4-20(26)19-9-10-21-22(14-19)31-13-3-12-30-21/h5-10,14,20H,2-4,11-13,15-16H2,1H3,(H,25,27)/p+1/t20-/m1/s1. The van der Waals surface area contributed by atoms with Gasteiger partial charge in [0.15, 0.2) is 18.0 Å². The summed E-state index contributed by atoms with van der Waals surface area (Å²) in [5, 5.41) is 3.00. The number of carbonyl (C=O) groups is 2. The maximum absolute atomic E-state index is 12.6. The Kier molecular flexibility index (Phi) is 6.72. The molecule has 0 aliphatic carbocycles. The van der Waals surface area contributed by atoms with Gasteiger partial charge in [0, 0.05) is 31.4 Å². The Labute approximate surface area is 182 Å². The number of ether oxygens (including phenoxy) is 3. The normalized spacial score (nSPS) is 20.0. The van der Waals surface area contributed by atoms with Crippen LogP contribution in [-0.4, -0.2) is 45.3 Å². The number of carbonyl (C=O) groups excluding carboxylic acids is 2. The Morgan fingerprint density at radius 1 is 1.06 bits per heavy atom. The number of quaternary nitrogens is 1. The smallest absolute Gasteiger partial charge is 0.337 e. The molecule has 2 aliphatic rings. The van der Waals surface area contributed by atoms with Crippen LogP contribution >= 0.6 is 0 Å². The fourth-order valence-electron chi connectivity index (χ4n) is 4.27. The first-order valence-electron chi connectivity index (χ1n) is 10.8. The Hall–Kier alpha value is -3.06. The SMILES string of the molecule is COC(=O)c1ccc(CNC(=O)C[NH+]2CCC[C@@H]2c2ccc3c(c2)OCCCO3)cc1. The van der Waals surface area contributed by atoms with Gasteiger partial charge in [0.1, 0.15) is 6.04 Å². The molecule has 164 valence electrons. The molecule has 2 aliphatic heterocycles. The first kappa shape index (κ1) is 21.2. The predicted molar refractivity (Wildman–Crippen MR) is 114 cm³/mol. The lowest BCUT2D eigenvalue weighted by Crippen LogP contribution is -3.11. The average Bonchev–Trinajstić information content (AvgIpc) is 3.12. The molecule has 2 aromatic rings. The number of hydrogen-bond acceptors (Lipinski definition) is 5. The molecule has 31 heavy (non-hydrogen) atoms. The summed E-state index contributed by atoms with van der Waals surface area (Å²) >= 11 is 0. The molecule has 7 heteroatoms. The van der Waals surface area contributed by atoms with Crippen LogP contribution in [0, 0.1) is 0 Å². The van der Waals surface area contributed by atoms with Gasteiger partial charge >= 0.3 is 5.97 Å². The lowest BCUT2D eigenvalue weighted by Gasteiger charge is -2.22. The van der Waals surface area contributed by atoms with Crippen LogP contribution < -0.4 is 19.7 Å². The lowest BCUT2D eigenvalue weighted by atomic mass is 10.0. The van der Waals surface area contributed by atoms with Crippen molar-refractivity contribution >= 4 is 11.9 Å². The quantitative estimate of drug-likeness (QED) is 0.689. The summed E-state index contributed by atoms with van der Waals surface area (Å²) in [7, 11) is 1.36. The van der Waals surface area contributed by atoms with Crippen LogP contribution in [0.5, 0.6) is 11.5 Å². The van der Waals surface area contributed by atoms with Crippen LogP contribution in [0.2, 0.25) is 0 Å². The Balaban J connectivity index is 1.33. The number of hydrogen-bond donors (Lipinski definition) is 2. The van der Waals surface area contributed by atoms with E-state index in [-0.39, 0.29) is 17.9 Å². The molecule has 2 aromatic carbocycles. The first-order valence-corrected chi connectivity index (χ1v) is 10.8. The van der Waals surface area contributed by atoms with E-state index in [1.165, 1.54) is 17.6 Å². The van der Waals surface area contributed by atoms with Crippen molar-refractivity contribution in [3.05, 3.63) is 59.2 Å². The van der Waals surface area contributed by atoms with E-state index in [4.69, 9.17) is 14.2 Å². The minimum Gasteiger partial charge on any atom is -0.490 e. The predicted octanol–water partition coefficient (Wildman–Crippen LogP) is 1.67. The third-order valence-electron chi connectivity index (χ3n) is 5.91. The van der Waals surface area contributed by atoms with Gasteiger partial charge < -0.3 is 24.4 Å². The van der Waals surface area contributed by atoms with Crippen LogP contribution in [0.4, 0.5) is 0 Å². The first-order chi connectivity index (χ1) is 15.1. The zero-order valence-electron chi connectivity index (χ0n) is 17.8. The number of esters is 1. The monoisotopic (exact) mass is 425 g/mol. The molecular formula is C24H29N2O5+. The molecular weight excluding hydrogens is 396 g/mol. The molecule has 4 rings (SSSR count). The van der Waals surface area contributed by atoms with Gasteiger partial charge in [-0.3, -0.25) is 4.79 Å². The van der Waals surface area contributed by atoms with Gasteiger partial charge in [-0.15, -0.1) is 0 Å². The van der Waals surface area contributed by atoms with Gasteiger partial charge in [-0.05, 0) is 35.9 Å². The van der Waals surface area contributed by atoms with E-state index in [0.29, 0.717) is 31.9 Å². The number of nitrogens with one attached hydrogen (secondary N) is 2. The molecule has 0 saturated carbocycles. The molecule has 7 nitrogen and oxygen atoms in total. The van der Waals surface area contributed by atoms with Crippen molar-refractivity contribution in [1.29, 1.82) is 0 Å². The zero-order chi connectivity index (χ0) is 21.6.